The second kappa shape index (κ2) is 9.94. The van der Waals surface area contributed by atoms with Crippen molar-refractivity contribution in [3.63, 3.8) is 0 Å². The number of hydrogen-bond acceptors (Lipinski definition) is 9. The molecule has 0 radical (unpaired) electrons. The number of benzene rings is 2. The maximum absolute atomic E-state index is 15.1. The molecule has 0 bridgehead atoms. The van der Waals surface area contributed by atoms with Gasteiger partial charge in [-0.05, 0) is 37.3 Å². The van der Waals surface area contributed by atoms with Gasteiger partial charge in [0, 0.05) is 49.9 Å². The summed E-state index contributed by atoms with van der Waals surface area (Å²) in [4.78, 5) is 28.1. The number of phenols is 1. The van der Waals surface area contributed by atoms with Gasteiger partial charge in [-0.3, -0.25) is 9.69 Å². The number of pyridine rings is 1. The quantitative estimate of drug-likeness (QED) is 0.420. The molecule has 194 valence electrons. The van der Waals surface area contributed by atoms with Crippen LogP contribution in [0.1, 0.15) is 22.8 Å². The fourth-order valence-electron chi connectivity index (χ4n) is 4.61. The summed E-state index contributed by atoms with van der Waals surface area (Å²) in [5, 5.41) is 25.3. The normalized spacial score (nSPS) is 18.2. The molecule has 2 aliphatic rings. The smallest absolute Gasteiger partial charge is 0.341 e. The van der Waals surface area contributed by atoms with Crippen molar-refractivity contribution in [3.05, 3.63) is 69.8 Å². The molecule has 1 saturated heterocycles. The van der Waals surface area contributed by atoms with Crippen molar-refractivity contribution >= 4 is 41.1 Å². The van der Waals surface area contributed by atoms with Crippen LogP contribution in [0.15, 0.2) is 52.5 Å². The van der Waals surface area contributed by atoms with Gasteiger partial charge in [0.15, 0.2) is 0 Å². The van der Waals surface area contributed by atoms with Gasteiger partial charge < -0.3 is 24.4 Å². The number of ether oxygens (including phenoxy) is 1. The Bertz CT molecular complexity index is 1450. The SMILES string of the molecule is CCn1cc(C(=O)O)c(=O)c2cc(F)c(N3CCN(CN4N=C(c5cccc(O)c5)OC4S)CC3)cc21. The molecular formula is C25H26FN5O5S. The third-order valence-corrected chi connectivity index (χ3v) is 6.93. The summed E-state index contributed by atoms with van der Waals surface area (Å²) in [7, 11) is 0. The Morgan fingerprint density at radius 3 is 2.65 bits per heavy atom. The van der Waals surface area contributed by atoms with Crippen LogP contribution in [0.4, 0.5) is 10.1 Å². The van der Waals surface area contributed by atoms with E-state index in [4.69, 9.17) is 4.74 Å². The van der Waals surface area contributed by atoms with Gasteiger partial charge in [-0.1, -0.05) is 6.07 Å². The maximum Gasteiger partial charge on any atom is 0.341 e. The molecule has 2 aromatic carbocycles. The number of halogens is 1. The molecule has 0 aliphatic carbocycles. The minimum Gasteiger partial charge on any atom is -0.508 e. The van der Waals surface area contributed by atoms with E-state index in [2.05, 4.69) is 22.6 Å². The van der Waals surface area contributed by atoms with Crippen LogP contribution in [0.2, 0.25) is 0 Å². The van der Waals surface area contributed by atoms with Crippen molar-refractivity contribution in [1.29, 1.82) is 0 Å². The number of piperazine rings is 1. The van der Waals surface area contributed by atoms with Crippen LogP contribution in [-0.4, -0.2) is 75.0 Å². The standard InChI is InChI=1S/C25H26FN5O5S/c1-2-29-13-18(24(34)35)22(33)17-11-19(26)21(12-20(17)29)30-8-6-28(7-9-30)14-31-25(37)36-23(27-31)15-4-3-5-16(32)10-15/h3-5,10-13,25,32,37H,2,6-9,14H2,1H3,(H,34,35). The summed E-state index contributed by atoms with van der Waals surface area (Å²) in [6.45, 7) is 5.07. The number of anilines is 1. The highest BCUT2D eigenvalue weighted by Crippen LogP contribution is 2.27. The van der Waals surface area contributed by atoms with Crippen LogP contribution >= 0.6 is 12.6 Å². The molecule has 37 heavy (non-hydrogen) atoms. The summed E-state index contributed by atoms with van der Waals surface area (Å²) >= 11 is 4.47. The van der Waals surface area contributed by atoms with Gasteiger partial charge in [0.1, 0.15) is 17.1 Å². The van der Waals surface area contributed by atoms with Crippen molar-refractivity contribution in [1.82, 2.24) is 14.5 Å². The molecule has 10 nitrogen and oxygen atoms in total. The van der Waals surface area contributed by atoms with Crippen LogP contribution in [0, 0.1) is 5.82 Å². The van der Waals surface area contributed by atoms with Gasteiger partial charge in [0.2, 0.25) is 16.9 Å². The molecule has 0 saturated carbocycles. The Morgan fingerprint density at radius 2 is 1.97 bits per heavy atom. The largest absolute Gasteiger partial charge is 0.508 e. The Labute approximate surface area is 217 Å². The predicted octanol–water partition coefficient (Wildman–Crippen LogP) is 2.55. The second-order valence-corrected chi connectivity index (χ2v) is 9.31. The van der Waals surface area contributed by atoms with Crippen molar-refractivity contribution in [2.24, 2.45) is 5.10 Å². The number of fused-ring (bicyclic) bond motifs is 1. The highest BCUT2D eigenvalue weighted by atomic mass is 32.1. The zero-order chi connectivity index (χ0) is 26.3. The summed E-state index contributed by atoms with van der Waals surface area (Å²) in [6, 6.07) is 9.41. The fraction of sp³-hybridized carbons (Fsp3) is 0.320. The van der Waals surface area contributed by atoms with Gasteiger partial charge in [-0.25, -0.2) is 14.2 Å². The number of aromatic hydroxyl groups is 1. The van der Waals surface area contributed by atoms with Gasteiger partial charge in [0.25, 0.3) is 0 Å². The molecule has 5 rings (SSSR count). The number of carboxylic acid groups (broad SMARTS) is 1. The van der Waals surface area contributed by atoms with E-state index in [1.165, 1.54) is 6.20 Å². The minimum atomic E-state index is -1.33. The number of hydrazone groups is 1. The van der Waals surface area contributed by atoms with E-state index >= 15 is 4.39 Å². The van der Waals surface area contributed by atoms with E-state index in [1.54, 1.807) is 39.9 Å². The molecule has 12 heteroatoms. The first kappa shape index (κ1) is 24.9. The van der Waals surface area contributed by atoms with Crippen LogP contribution in [0.3, 0.4) is 0 Å². The van der Waals surface area contributed by atoms with E-state index in [0.717, 1.165) is 6.07 Å². The average Bonchev–Trinajstić information content (AvgIpc) is 3.24. The van der Waals surface area contributed by atoms with Crippen LogP contribution < -0.4 is 10.3 Å². The fourth-order valence-corrected chi connectivity index (χ4v) is 4.83. The zero-order valence-electron chi connectivity index (χ0n) is 20.0. The zero-order valence-corrected chi connectivity index (χ0v) is 20.9. The predicted molar refractivity (Wildman–Crippen MR) is 140 cm³/mol. The van der Waals surface area contributed by atoms with Crippen molar-refractivity contribution in [3.8, 4) is 5.75 Å². The van der Waals surface area contributed by atoms with Crippen LogP contribution in [0.25, 0.3) is 10.9 Å². The first-order valence-corrected chi connectivity index (χ1v) is 12.3. The number of hydrogen-bond donors (Lipinski definition) is 3. The van der Waals surface area contributed by atoms with E-state index in [1.807, 2.05) is 11.8 Å². The molecule has 0 spiro atoms. The molecule has 2 N–H and O–H groups in total. The Balaban J connectivity index is 1.31. The van der Waals surface area contributed by atoms with Crippen LogP contribution in [-0.2, 0) is 11.3 Å². The molecular weight excluding hydrogens is 501 g/mol. The lowest BCUT2D eigenvalue weighted by atomic mass is 10.1. The van der Waals surface area contributed by atoms with Gasteiger partial charge in [0.05, 0.1) is 17.9 Å². The van der Waals surface area contributed by atoms with Gasteiger partial charge >= 0.3 is 5.97 Å². The topological polar surface area (TPSA) is 111 Å². The average molecular weight is 528 g/mol. The molecule has 1 fully saturated rings. The summed E-state index contributed by atoms with van der Waals surface area (Å²) in [6.07, 6.45) is 1.31. The third kappa shape index (κ3) is 4.81. The van der Waals surface area contributed by atoms with Crippen molar-refractivity contribution in [2.75, 3.05) is 37.7 Å². The number of aromatic nitrogens is 1. The Morgan fingerprint density at radius 1 is 1.22 bits per heavy atom. The highest BCUT2D eigenvalue weighted by molar-refractivity contribution is 7.80. The number of carboxylic acids is 1. The number of nitrogens with zero attached hydrogens (tertiary/aromatic N) is 5. The molecule has 2 aliphatic heterocycles. The second-order valence-electron chi connectivity index (χ2n) is 8.87. The Kier molecular flexibility index (Phi) is 6.69. The number of aryl methyl sites for hydroxylation is 1. The summed E-state index contributed by atoms with van der Waals surface area (Å²) < 4.78 is 22.5. The van der Waals surface area contributed by atoms with E-state index in [0.29, 0.717) is 62.1 Å². The lowest BCUT2D eigenvalue weighted by molar-refractivity contribution is 0.0669. The molecule has 1 unspecified atom stereocenters. The lowest BCUT2D eigenvalue weighted by Crippen LogP contribution is -2.50. The van der Waals surface area contributed by atoms with Crippen LogP contribution in [0.5, 0.6) is 5.75 Å². The van der Waals surface area contributed by atoms with Crippen molar-refractivity contribution in [2.45, 2.75) is 19.0 Å². The lowest BCUT2D eigenvalue weighted by Gasteiger charge is -2.37. The summed E-state index contributed by atoms with van der Waals surface area (Å²) in [5.74, 6) is -1.40. The van der Waals surface area contributed by atoms with Gasteiger partial charge in [-0.2, -0.15) is 0 Å². The molecule has 3 heterocycles. The monoisotopic (exact) mass is 527 g/mol. The van der Waals surface area contributed by atoms with Crippen molar-refractivity contribution < 1.29 is 24.1 Å². The first-order chi connectivity index (χ1) is 17.7. The van der Waals surface area contributed by atoms with Gasteiger partial charge in [-0.15, -0.1) is 17.7 Å². The highest BCUT2D eigenvalue weighted by Gasteiger charge is 2.29. The number of phenolic OH excluding ortho intramolecular Hbond substituents is 1. The number of thiol groups is 1. The third-order valence-electron chi connectivity index (χ3n) is 6.56. The number of rotatable bonds is 6. The number of carbonyl (C=O) groups is 1. The Hall–Kier alpha value is -3.77. The minimum absolute atomic E-state index is 0.0518. The maximum atomic E-state index is 15.1. The molecule has 0 amide bonds. The van der Waals surface area contributed by atoms with E-state index in [-0.39, 0.29) is 16.7 Å². The summed E-state index contributed by atoms with van der Waals surface area (Å²) in [5.41, 5.74) is -0.121. The van der Waals surface area contributed by atoms with E-state index < -0.39 is 22.8 Å². The number of aromatic carboxylic acids is 1. The molecule has 1 aromatic heterocycles. The molecule has 1 atom stereocenters. The van der Waals surface area contributed by atoms with E-state index in [9.17, 15) is 19.8 Å². The molecule has 3 aromatic rings. The first-order valence-electron chi connectivity index (χ1n) is 11.8.